The molecule has 0 saturated carbocycles. The number of hydrogen-bond donors (Lipinski definition) is 3. The number of amidine groups is 1. The van der Waals surface area contributed by atoms with Crippen LogP contribution in [0.1, 0.15) is 11.5 Å². The highest BCUT2D eigenvalue weighted by Crippen LogP contribution is 2.19. The van der Waals surface area contributed by atoms with E-state index in [0.717, 1.165) is 3.57 Å². The van der Waals surface area contributed by atoms with E-state index in [-0.39, 0.29) is 11.7 Å². The van der Waals surface area contributed by atoms with Crippen LogP contribution in [0.15, 0.2) is 59.8 Å². The van der Waals surface area contributed by atoms with Crippen LogP contribution in [0.2, 0.25) is 0 Å². The van der Waals surface area contributed by atoms with Crippen LogP contribution in [0.4, 0.5) is 5.69 Å². The molecule has 21 heavy (non-hydrogen) atoms. The lowest BCUT2D eigenvalue weighted by molar-refractivity contribution is -0.116. The first kappa shape index (κ1) is 15.3. The average Bonchev–Trinajstić information content (AvgIpc) is 2.48. The first-order valence-electron chi connectivity index (χ1n) is 6.20. The van der Waals surface area contributed by atoms with Gasteiger partial charge in [-0.05, 0) is 46.4 Å². The van der Waals surface area contributed by atoms with Crippen LogP contribution >= 0.6 is 22.6 Å². The van der Waals surface area contributed by atoms with Crippen molar-refractivity contribution in [2.75, 3.05) is 5.32 Å². The van der Waals surface area contributed by atoms with Gasteiger partial charge in [-0.2, -0.15) is 0 Å². The van der Waals surface area contributed by atoms with Gasteiger partial charge in [0.05, 0.1) is 0 Å². The number of benzene rings is 2. The van der Waals surface area contributed by atoms with Gasteiger partial charge in [-0.1, -0.05) is 41.6 Å². The number of rotatable bonds is 4. The number of halogens is 1. The first-order chi connectivity index (χ1) is 10.1. The number of oxime groups is 1. The number of nitrogens with zero attached hydrogens (tertiary/aromatic N) is 1. The van der Waals surface area contributed by atoms with Gasteiger partial charge in [-0.25, -0.2) is 0 Å². The van der Waals surface area contributed by atoms with Crippen molar-refractivity contribution < 1.29 is 10.0 Å². The molecule has 2 aromatic rings. The first-order valence-corrected chi connectivity index (χ1v) is 7.28. The molecule has 0 spiro atoms. The van der Waals surface area contributed by atoms with Gasteiger partial charge < -0.3 is 16.3 Å². The molecule has 5 nitrogen and oxygen atoms in total. The topological polar surface area (TPSA) is 87.7 Å². The van der Waals surface area contributed by atoms with Gasteiger partial charge in [0, 0.05) is 9.26 Å². The lowest BCUT2D eigenvalue weighted by atomic mass is 9.97. The maximum atomic E-state index is 12.4. The summed E-state index contributed by atoms with van der Waals surface area (Å²) >= 11 is 2.16. The quantitative estimate of drug-likeness (QED) is 0.245. The SMILES string of the molecule is NC(=NO)C(C(=O)Nc1cccc(I)c1)c1ccccc1. The van der Waals surface area contributed by atoms with Crippen molar-refractivity contribution in [1.82, 2.24) is 0 Å². The molecule has 0 aliphatic carbocycles. The van der Waals surface area contributed by atoms with E-state index in [4.69, 9.17) is 10.9 Å². The second kappa shape index (κ2) is 7.07. The predicted octanol–water partition coefficient (Wildman–Crippen LogP) is 2.76. The van der Waals surface area contributed by atoms with E-state index < -0.39 is 5.92 Å². The lowest BCUT2D eigenvalue weighted by Gasteiger charge is -2.16. The van der Waals surface area contributed by atoms with E-state index in [2.05, 4.69) is 33.1 Å². The molecular formula is C15H14IN3O2. The van der Waals surface area contributed by atoms with Crippen LogP contribution in [-0.2, 0) is 4.79 Å². The molecular weight excluding hydrogens is 381 g/mol. The Balaban J connectivity index is 2.27. The molecule has 0 radical (unpaired) electrons. The van der Waals surface area contributed by atoms with E-state index >= 15 is 0 Å². The number of nitrogens with one attached hydrogen (secondary N) is 1. The number of carbonyl (C=O) groups is 1. The van der Waals surface area contributed by atoms with Gasteiger partial charge in [0.25, 0.3) is 0 Å². The van der Waals surface area contributed by atoms with Crippen molar-refractivity contribution in [2.24, 2.45) is 10.9 Å². The fourth-order valence-electron chi connectivity index (χ4n) is 1.94. The summed E-state index contributed by atoms with van der Waals surface area (Å²) in [5.74, 6) is -1.34. The average molecular weight is 395 g/mol. The highest BCUT2D eigenvalue weighted by Gasteiger charge is 2.25. The molecule has 1 amide bonds. The minimum absolute atomic E-state index is 0.149. The van der Waals surface area contributed by atoms with Gasteiger partial charge in [-0.3, -0.25) is 4.79 Å². The molecule has 0 aromatic heterocycles. The minimum atomic E-state index is -0.839. The Hall–Kier alpha value is -2.09. The molecule has 0 fully saturated rings. The molecule has 1 atom stereocenters. The Labute approximate surface area is 136 Å². The summed E-state index contributed by atoms with van der Waals surface area (Å²) in [6.45, 7) is 0. The van der Waals surface area contributed by atoms with Gasteiger partial charge in [-0.15, -0.1) is 0 Å². The molecule has 108 valence electrons. The van der Waals surface area contributed by atoms with E-state index in [1.807, 2.05) is 24.3 Å². The number of anilines is 1. The van der Waals surface area contributed by atoms with Crippen molar-refractivity contribution in [1.29, 1.82) is 0 Å². The zero-order valence-electron chi connectivity index (χ0n) is 11.0. The van der Waals surface area contributed by atoms with E-state index in [1.54, 1.807) is 30.3 Å². The molecule has 4 N–H and O–H groups in total. The second-order valence-corrected chi connectivity index (χ2v) is 5.61. The Bertz CT molecular complexity index is 659. The molecule has 0 aliphatic rings. The number of amides is 1. The van der Waals surface area contributed by atoms with E-state index in [9.17, 15) is 4.79 Å². The summed E-state index contributed by atoms with van der Waals surface area (Å²) in [6.07, 6.45) is 0. The normalized spacial score (nSPS) is 12.7. The largest absolute Gasteiger partial charge is 0.409 e. The van der Waals surface area contributed by atoms with Crippen LogP contribution in [0.25, 0.3) is 0 Å². The highest BCUT2D eigenvalue weighted by molar-refractivity contribution is 14.1. The van der Waals surface area contributed by atoms with Gasteiger partial charge in [0.15, 0.2) is 5.84 Å². The van der Waals surface area contributed by atoms with Crippen molar-refractivity contribution in [2.45, 2.75) is 5.92 Å². The van der Waals surface area contributed by atoms with Crippen molar-refractivity contribution in [3.8, 4) is 0 Å². The number of nitrogens with two attached hydrogens (primary N) is 1. The van der Waals surface area contributed by atoms with Crippen LogP contribution in [-0.4, -0.2) is 17.0 Å². The Morgan fingerprint density at radius 2 is 1.90 bits per heavy atom. The molecule has 0 aliphatic heterocycles. The highest BCUT2D eigenvalue weighted by atomic mass is 127. The molecule has 2 rings (SSSR count). The molecule has 1 unspecified atom stereocenters. The number of hydrogen-bond acceptors (Lipinski definition) is 3. The zero-order chi connectivity index (χ0) is 15.2. The Morgan fingerprint density at radius 1 is 1.19 bits per heavy atom. The van der Waals surface area contributed by atoms with E-state index in [1.165, 1.54) is 0 Å². The maximum Gasteiger partial charge on any atom is 0.239 e. The van der Waals surface area contributed by atoms with Crippen molar-refractivity contribution in [3.05, 3.63) is 63.7 Å². The standard InChI is InChI=1S/C15H14IN3O2/c16-11-7-4-8-12(9-11)18-15(20)13(14(17)19-21)10-5-2-1-3-6-10/h1-9,13,21H,(H2,17,19)(H,18,20). The molecule has 0 bridgehead atoms. The summed E-state index contributed by atoms with van der Waals surface area (Å²) in [5.41, 5.74) is 7.00. The third-order valence-electron chi connectivity index (χ3n) is 2.90. The van der Waals surface area contributed by atoms with Gasteiger partial charge in [0.1, 0.15) is 5.92 Å². The molecule has 0 saturated heterocycles. The number of carbonyl (C=O) groups excluding carboxylic acids is 1. The van der Waals surface area contributed by atoms with Crippen LogP contribution in [0.3, 0.4) is 0 Å². The summed E-state index contributed by atoms with van der Waals surface area (Å²) in [7, 11) is 0. The summed E-state index contributed by atoms with van der Waals surface area (Å²) in [5, 5.41) is 14.7. The van der Waals surface area contributed by atoms with Crippen LogP contribution in [0.5, 0.6) is 0 Å². The van der Waals surface area contributed by atoms with Crippen LogP contribution < -0.4 is 11.1 Å². The van der Waals surface area contributed by atoms with Crippen molar-refractivity contribution in [3.63, 3.8) is 0 Å². The minimum Gasteiger partial charge on any atom is -0.409 e. The third-order valence-corrected chi connectivity index (χ3v) is 3.57. The Morgan fingerprint density at radius 3 is 2.52 bits per heavy atom. The molecule has 0 heterocycles. The smallest absolute Gasteiger partial charge is 0.239 e. The predicted molar refractivity (Wildman–Crippen MR) is 90.4 cm³/mol. The summed E-state index contributed by atoms with van der Waals surface area (Å²) < 4.78 is 1.01. The van der Waals surface area contributed by atoms with Crippen molar-refractivity contribution >= 4 is 40.0 Å². The van der Waals surface area contributed by atoms with Gasteiger partial charge in [0.2, 0.25) is 5.91 Å². The molecule has 2 aromatic carbocycles. The monoisotopic (exact) mass is 395 g/mol. The fraction of sp³-hybridized carbons (Fsp3) is 0.0667. The van der Waals surface area contributed by atoms with E-state index in [0.29, 0.717) is 11.3 Å². The zero-order valence-corrected chi connectivity index (χ0v) is 13.2. The summed E-state index contributed by atoms with van der Waals surface area (Å²) in [6, 6.07) is 16.4. The van der Waals surface area contributed by atoms with Gasteiger partial charge >= 0.3 is 0 Å². The molecule has 6 heteroatoms. The third kappa shape index (κ3) is 3.94. The summed E-state index contributed by atoms with van der Waals surface area (Å²) in [4.78, 5) is 12.4. The second-order valence-electron chi connectivity index (χ2n) is 4.37. The van der Waals surface area contributed by atoms with Crippen LogP contribution in [0, 0.1) is 3.57 Å². The lowest BCUT2D eigenvalue weighted by Crippen LogP contribution is -2.32. The maximum absolute atomic E-state index is 12.4. The Kier molecular flexibility index (Phi) is 5.15. The fourth-order valence-corrected chi connectivity index (χ4v) is 2.48.